The lowest BCUT2D eigenvalue weighted by Crippen LogP contribution is -2.29. The average molecular weight is 291 g/mol. The Balaban J connectivity index is 2.15. The molecule has 1 amide bonds. The quantitative estimate of drug-likeness (QED) is 0.858. The standard InChI is InChI=1S/C16H21NO2S/c1-10-5-6-15(11(2)7-10)12(3)17-9-14(8-16(17)19)20-13(4)18/h5-7,12,14H,8-9H2,1-4H3. The number of hydrogen-bond donors (Lipinski definition) is 0. The van der Waals surface area contributed by atoms with Gasteiger partial charge in [0, 0.05) is 25.1 Å². The second-order valence-corrected chi connectivity index (χ2v) is 6.99. The number of carbonyl (C=O) groups excluding carboxylic acids is 2. The molecule has 0 N–H and O–H groups in total. The summed E-state index contributed by atoms with van der Waals surface area (Å²) in [5, 5.41) is 0.192. The summed E-state index contributed by atoms with van der Waals surface area (Å²) in [4.78, 5) is 25.2. The molecule has 1 aliphatic rings. The van der Waals surface area contributed by atoms with Gasteiger partial charge in [-0.25, -0.2) is 0 Å². The van der Waals surface area contributed by atoms with Gasteiger partial charge in [0.15, 0.2) is 5.12 Å². The highest BCUT2D eigenvalue weighted by Gasteiger charge is 2.34. The average Bonchev–Trinajstić information content (AvgIpc) is 2.68. The Morgan fingerprint density at radius 3 is 2.70 bits per heavy atom. The molecule has 1 aromatic carbocycles. The molecule has 0 aliphatic carbocycles. The highest BCUT2D eigenvalue weighted by molar-refractivity contribution is 8.14. The zero-order valence-corrected chi connectivity index (χ0v) is 13.3. The molecule has 108 valence electrons. The van der Waals surface area contributed by atoms with Crippen LogP contribution in [0.4, 0.5) is 0 Å². The molecule has 2 unspecified atom stereocenters. The molecule has 0 spiro atoms. The zero-order chi connectivity index (χ0) is 14.9. The number of carbonyl (C=O) groups is 2. The van der Waals surface area contributed by atoms with Crippen LogP contribution in [0.15, 0.2) is 18.2 Å². The maximum atomic E-state index is 12.2. The first-order valence-corrected chi connectivity index (χ1v) is 7.80. The van der Waals surface area contributed by atoms with Crippen LogP contribution in [0.5, 0.6) is 0 Å². The molecule has 1 aromatic rings. The van der Waals surface area contributed by atoms with Crippen LogP contribution in [0.2, 0.25) is 0 Å². The lowest BCUT2D eigenvalue weighted by Gasteiger charge is -2.26. The second-order valence-electron chi connectivity index (χ2n) is 5.52. The maximum Gasteiger partial charge on any atom is 0.224 e. The molecule has 0 radical (unpaired) electrons. The van der Waals surface area contributed by atoms with Gasteiger partial charge in [-0.3, -0.25) is 9.59 Å². The van der Waals surface area contributed by atoms with E-state index < -0.39 is 0 Å². The van der Waals surface area contributed by atoms with Crippen LogP contribution >= 0.6 is 11.8 Å². The van der Waals surface area contributed by atoms with E-state index in [2.05, 4.69) is 39.0 Å². The summed E-state index contributed by atoms with van der Waals surface area (Å²) < 4.78 is 0. The first-order chi connectivity index (χ1) is 9.38. The van der Waals surface area contributed by atoms with Gasteiger partial charge in [-0.05, 0) is 31.9 Å². The van der Waals surface area contributed by atoms with Crippen molar-refractivity contribution in [1.29, 1.82) is 0 Å². The summed E-state index contributed by atoms with van der Waals surface area (Å²) in [6.45, 7) is 8.45. The monoisotopic (exact) mass is 291 g/mol. The van der Waals surface area contributed by atoms with E-state index in [0.29, 0.717) is 13.0 Å². The van der Waals surface area contributed by atoms with Crippen molar-refractivity contribution in [2.45, 2.75) is 45.4 Å². The number of rotatable bonds is 3. The fraction of sp³-hybridized carbons (Fsp3) is 0.500. The molecule has 1 heterocycles. The summed E-state index contributed by atoms with van der Waals surface area (Å²) in [5.74, 6) is 0.149. The van der Waals surface area contributed by atoms with E-state index in [1.165, 1.54) is 28.5 Å². The maximum absolute atomic E-state index is 12.2. The van der Waals surface area contributed by atoms with Gasteiger partial charge in [0.2, 0.25) is 5.91 Å². The van der Waals surface area contributed by atoms with Gasteiger partial charge in [-0.1, -0.05) is 35.5 Å². The SMILES string of the molecule is CC(=O)SC1CC(=O)N(C(C)c2ccc(C)cc2C)C1. The van der Waals surface area contributed by atoms with E-state index in [0.717, 1.165) is 0 Å². The molecule has 1 aliphatic heterocycles. The normalized spacial score (nSPS) is 20.3. The van der Waals surface area contributed by atoms with Gasteiger partial charge in [0.05, 0.1) is 6.04 Å². The lowest BCUT2D eigenvalue weighted by molar-refractivity contribution is -0.129. The van der Waals surface area contributed by atoms with E-state index in [4.69, 9.17) is 0 Å². The first-order valence-electron chi connectivity index (χ1n) is 6.92. The van der Waals surface area contributed by atoms with Crippen LogP contribution in [-0.2, 0) is 9.59 Å². The van der Waals surface area contributed by atoms with Crippen LogP contribution in [-0.4, -0.2) is 27.7 Å². The summed E-state index contributed by atoms with van der Waals surface area (Å²) in [5.41, 5.74) is 3.64. The molecule has 20 heavy (non-hydrogen) atoms. The van der Waals surface area contributed by atoms with Gasteiger partial charge in [0.25, 0.3) is 0 Å². The minimum Gasteiger partial charge on any atom is -0.335 e. The molecule has 3 nitrogen and oxygen atoms in total. The Bertz CT molecular complexity index is 541. The summed E-state index contributed by atoms with van der Waals surface area (Å²) >= 11 is 1.29. The largest absolute Gasteiger partial charge is 0.335 e. The highest BCUT2D eigenvalue weighted by atomic mass is 32.2. The van der Waals surface area contributed by atoms with Gasteiger partial charge in [-0.2, -0.15) is 0 Å². The molecule has 0 aromatic heterocycles. The molecule has 1 saturated heterocycles. The first kappa shape index (κ1) is 15.1. The van der Waals surface area contributed by atoms with E-state index >= 15 is 0 Å². The summed E-state index contributed by atoms with van der Waals surface area (Å²) in [6, 6.07) is 6.41. The molecule has 0 saturated carbocycles. The molecular formula is C16H21NO2S. The third-order valence-corrected chi connectivity index (χ3v) is 4.78. The Morgan fingerprint density at radius 1 is 1.40 bits per heavy atom. The van der Waals surface area contributed by atoms with Crippen molar-refractivity contribution in [3.63, 3.8) is 0 Å². The van der Waals surface area contributed by atoms with Gasteiger partial charge < -0.3 is 4.90 Å². The van der Waals surface area contributed by atoms with E-state index in [1.54, 1.807) is 6.92 Å². The van der Waals surface area contributed by atoms with Crippen molar-refractivity contribution in [3.8, 4) is 0 Å². The summed E-state index contributed by atoms with van der Waals surface area (Å²) in [6.07, 6.45) is 0.472. The van der Waals surface area contributed by atoms with E-state index in [9.17, 15) is 9.59 Å². The van der Waals surface area contributed by atoms with E-state index in [-0.39, 0.29) is 22.3 Å². The fourth-order valence-corrected chi connectivity index (χ4v) is 3.78. The molecule has 1 fully saturated rings. The minimum absolute atomic E-state index is 0.0701. The number of hydrogen-bond acceptors (Lipinski definition) is 3. The van der Waals surface area contributed by atoms with Gasteiger partial charge in [0.1, 0.15) is 0 Å². The van der Waals surface area contributed by atoms with Crippen molar-refractivity contribution < 1.29 is 9.59 Å². The Morgan fingerprint density at radius 2 is 2.10 bits per heavy atom. The lowest BCUT2D eigenvalue weighted by atomic mass is 9.99. The number of nitrogens with zero attached hydrogens (tertiary/aromatic N) is 1. The molecule has 2 rings (SSSR count). The number of aryl methyl sites for hydroxylation is 2. The zero-order valence-electron chi connectivity index (χ0n) is 12.5. The third-order valence-electron chi connectivity index (χ3n) is 3.80. The third kappa shape index (κ3) is 3.23. The van der Waals surface area contributed by atoms with Gasteiger partial charge in [-0.15, -0.1) is 0 Å². The van der Waals surface area contributed by atoms with Crippen LogP contribution in [0.1, 0.15) is 43.0 Å². The van der Waals surface area contributed by atoms with Gasteiger partial charge >= 0.3 is 0 Å². The topological polar surface area (TPSA) is 37.4 Å². The minimum atomic E-state index is 0.0701. The Kier molecular flexibility index (Phi) is 4.53. The fourth-order valence-electron chi connectivity index (χ4n) is 2.85. The molecular weight excluding hydrogens is 270 g/mol. The number of benzene rings is 1. The second kappa shape index (κ2) is 6.00. The molecule has 0 bridgehead atoms. The van der Waals surface area contributed by atoms with Crippen LogP contribution in [0.25, 0.3) is 0 Å². The molecule has 4 heteroatoms. The van der Waals surface area contributed by atoms with Crippen molar-refractivity contribution in [2.75, 3.05) is 6.54 Å². The van der Waals surface area contributed by atoms with Crippen molar-refractivity contribution in [2.24, 2.45) is 0 Å². The predicted molar refractivity (Wildman–Crippen MR) is 82.7 cm³/mol. The van der Waals surface area contributed by atoms with Crippen LogP contribution in [0.3, 0.4) is 0 Å². The number of likely N-dealkylation sites (tertiary alicyclic amines) is 1. The highest BCUT2D eigenvalue weighted by Crippen LogP contribution is 2.32. The van der Waals surface area contributed by atoms with Crippen LogP contribution in [0, 0.1) is 13.8 Å². The summed E-state index contributed by atoms with van der Waals surface area (Å²) in [7, 11) is 0. The molecule has 2 atom stereocenters. The Hall–Kier alpha value is -1.29. The smallest absolute Gasteiger partial charge is 0.224 e. The number of amides is 1. The Labute approximate surface area is 124 Å². The van der Waals surface area contributed by atoms with Crippen molar-refractivity contribution in [1.82, 2.24) is 4.90 Å². The van der Waals surface area contributed by atoms with Crippen molar-refractivity contribution >= 4 is 22.8 Å². The van der Waals surface area contributed by atoms with E-state index in [1.807, 2.05) is 4.90 Å². The number of thioether (sulfide) groups is 1. The van der Waals surface area contributed by atoms with Crippen molar-refractivity contribution in [3.05, 3.63) is 34.9 Å². The predicted octanol–water partition coefficient (Wildman–Crippen LogP) is 3.25. The van der Waals surface area contributed by atoms with Crippen LogP contribution < -0.4 is 0 Å².